The standard InChI is InChI=1S/C25H26FNO7/c1-33-17-11-12-18(19(14-17)34-2)22-21(23(30)15-7-9-16(26)10-8-15)24(31)25(32)27(22)13-5-3-4-6-20(28)29/h7-12,14,22,30H,3-6,13H2,1-2H3,(H,28,29). The van der Waals surface area contributed by atoms with E-state index in [0.29, 0.717) is 36.3 Å². The summed E-state index contributed by atoms with van der Waals surface area (Å²) in [5, 5.41) is 19.8. The number of ether oxygens (including phenoxy) is 2. The highest BCUT2D eigenvalue weighted by atomic mass is 19.1. The summed E-state index contributed by atoms with van der Waals surface area (Å²) in [6.45, 7) is 0.171. The smallest absolute Gasteiger partial charge is 0.303 e. The van der Waals surface area contributed by atoms with Gasteiger partial charge in [-0.15, -0.1) is 0 Å². The summed E-state index contributed by atoms with van der Waals surface area (Å²) in [5.41, 5.74) is 0.528. The van der Waals surface area contributed by atoms with Gasteiger partial charge in [0.2, 0.25) is 0 Å². The number of methoxy groups -OCH3 is 2. The van der Waals surface area contributed by atoms with E-state index in [1.807, 2.05) is 0 Å². The normalized spacial score (nSPS) is 17.1. The van der Waals surface area contributed by atoms with Crippen molar-refractivity contribution in [3.05, 3.63) is 65.0 Å². The fraction of sp³-hybridized carbons (Fsp3) is 0.320. The minimum Gasteiger partial charge on any atom is -0.507 e. The number of carboxylic acids is 1. The van der Waals surface area contributed by atoms with Crippen molar-refractivity contribution in [1.29, 1.82) is 0 Å². The Morgan fingerprint density at radius 1 is 1.00 bits per heavy atom. The highest BCUT2D eigenvalue weighted by Crippen LogP contribution is 2.43. The molecule has 0 aromatic heterocycles. The van der Waals surface area contributed by atoms with E-state index in [9.17, 15) is 23.9 Å². The van der Waals surface area contributed by atoms with E-state index >= 15 is 0 Å². The van der Waals surface area contributed by atoms with Gasteiger partial charge in [0.25, 0.3) is 11.7 Å². The monoisotopic (exact) mass is 471 g/mol. The van der Waals surface area contributed by atoms with Crippen molar-refractivity contribution in [3.8, 4) is 11.5 Å². The second kappa shape index (κ2) is 10.8. The number of amides is 1. The molecule has 8 nitrogen and oxygen atoms in total. The van der Waals surface area contributed by atoms with Crippen LogP contribution in [0.5, 0.6) is 11.5 Å². The number of hydrogen-bond donors (Lipinski definition) is 2. The van der Waals surface area contributed by atoms with Crippen LogP contribution in [0.4, 0.5) is 4.39 Å². The van der Waals surface area contributed by atoms with Gasteiger partial charge in [0.15, 0.2) is 0 Å². The van der Waals surface area contributed by atoms with Gasteiger partial charge in [-0.25, -0.2) is 4.39 Å². The van der Waals surface area contributed by atoms with Crippen molar-refractivity contribution in [1.82, 2.24) is 4.90 Å². The zero-order chi connectivity index (χ0) is 24.8. The van der Waals surface area contributed by atoms with E-state index in [1.165, 1.54) is 31.3 Å². The third-order valence-corrected chi connectivity index (χ3v) is 5.68. The number of likely N-dealkylation sites (tertiary alicyclic amines) is 1. The molecule has 1 aliphatic heterocycles. The third kappa shape index (κ3) is 5.19. The van der Waals surface area contributed by atoms with E-state index in [1.54, 1.807) is 18.2 Å². The maximum absolute atomic E-state index is 13.4. The lowest BCUT2D eigenvalue weighted by molar-refractivity contribution is -0.140. The molecule has 1 fully saturated rings. The van der Waals surface area contributed by atoms with Crippen LogP contribution in [0.3, 0.4) is 0 Å². The molecule has 2 aromatic carbocycles. The second-order valence-electron chi connectivity index (χ2n) is 7.81. The lowest BCUT2D eigenvalue weighted by Gasteiger charge is -2.27. The Kier molecular flexibility index (Phi) is 7.88. The topological polar surface area (TPSA) is 113 Å². The molecule has 0 spiro atoms. The summed E-state index contributed by atoms with van der Waals surface area (Å²) in [6, 6.07) is 8.92. The number of aliphatic hydroxyl groups is 1. The summed E-state index contributed by atoms with van der Waals surface area (Å²) in [6.07, 6.45) is 1.45. The molecule has 0 aliphatic carbocycles. The van der Waals surface area contributed by atoms with Crippen LogP contribution in [-0.2, 0) is 14.4 Å². The van der Waals surface area contributed by atoms with Crippen LogP contribution in [0.25, 0.3) is 5.76 Å². The van der Waals surface area contributed by atoms with Gasteiger partial charge in [0, 0.05) is 30.2 Å². The summed E-state index contributed by atoms with van der Waals surface area (Å²) in [5.74, 6) is -2.62. The van der Waals surface area contributed by atoms with Gasteiger partial charge in [0.1, 0.15) is 23.1 Å². The predicted octanol–water partition coefficient (Wildman–Crippen LogP) is 3.91. The van der Waals surface area contributed by atoms with Crippen LogP contribution in [0, 0.1) is 5.82 Å². The highest BCUT2D eigenvalue weighted by Gasteiger charge is 2.46. The third-order valence-electron chi connectivity index (χ3n) is 5.68. The zero-order valence-corrected chi connectivity index (χ0v) is 18.9. The Morgan fingerprint density at radius 3 is 2.32 bits per heavy atom. The van der Waals surface area contributed by atoms with Crippen molar-refractivity contribution >= 4 is 23.4 Å². The Hall–Kier alpha value is -3.88. The number of rotatable bonds is 10. The Labute approximate surface area is 196 Å². The SMILES string of the molecule is COc1ccc(C2C(=C(O)c3ccc(F)cc3)C(=O)C(=O)N2CCCCCC(=O)O)c(OC)c1. The number of hydrogen-bond acceptors (Lipinski definition) is 6. The molecule has 1 aliphatic rings. The molecule has 180 valence electrons. The summed E-state index contributed by atoms with van der Waals surface area (Å²) in [4.78, 5) is 38.2. The lowest BCUT2D eigenvalue weighted by atomic mass is 9.94. The number of carboxylic acid groups (broad SMARTS) is 1. The Bertz CT molecular complexity index is 1110. The van der Waals surface area contributed by atoms with Crippen molar-refractivity contribution in [2.75, 3.05) is 20.8 Å². The number of Topliss-reactive ketones (excluding diaryl/α,β-unsaturated/α-hetero) is 1. The molecule has 2 aromatic rings. The van der Waals surface area contributed by atoms with Crippen molar-refractivity contribution < 1.29 is 38.5 Å². The summed E-state index contributed by atoms with van der Waals surface area (Å²) in [7, 11) is 2.93. The maximum atomic E-state index is 13.4. The Balaban J connectivity index is 2.06. The average molecular weight is 471 g/mol. The Morgan fingerprint density at radius 2 is 1.71 bits per heavy atom. The van der Waals surface area contributed by atoms with E-state index in [-0.39, 0.29) is 24.1 Å². The van der Waals surface area contributed by atoms with E-state index in [2.05, 4.69) is 0 Å². The summed E-state index contributed by atoms with van der Waals surface area (Å²) >= 11 is 0. The molecule has 0 saturated carbocycles. The first-order chi connectivity index (χ1) is 16.3. The molecule has 1 saturated heterocycles. The van der Waals surface area contributed by atoms with E-state index < -0.39 is 35.3 Å². The van der Waals surface area contributed by atoms with Gasteiger partial charge in [-0.2, -0.15) is 0 Å². The first kappa shape index (κ1) is 24.8. The lowest BCUT2D eigenvalue weighted by Crippen LogP contribution is -2.31. The number of nitrogens with zero attached hydrogens (tertiary/aromatic N) is 1. The minimum absolute atomic E-state index is 0.0130. The van der Waals surface area contributed by atoms with Gasteiger partial charge >= 0.3 is 5.97 Å². The van der Waals surface area contributed by atoms with Gasteiger partial charge in [0.05, 0.1) is 25.8 Å². The van der Waals surface area contributed by atoms with Gasteiger partial charge in [-0.05, 0) is 49.2 Å². The summed E-state index contributed by atoms with van der Waals surface area (Å²) < 4.78 is 24.1. The van der Waals surface area contributed by atoms with Gasteiger partial charge < -0.3 is 24.6 Å². The molecular formula is C25H26FNO7. The van der Waals surface area contributed by atoms with Crippen LogP contribution < -0.4 is 9.47 Å². The largest absolute Gasteiger partial charge is 0.507 e. The van der Waals surface area contributed by atoms with Gasteiger partial charge in [-0.1, -0.05) is 6.42 Å². The molecule has 1 amide bonds. The van der Waals surface area contributed by atoms with E-state index in [4.69, 9.17) is 14.6 Å². The molecule has 1 unspecified atom stereocenters. The molecule has 34 heavy (non-hydrogen) atoms. The number of benzene rings is 2. The fourth-order valence-electron chi connectivity index (χ4n) is 3.98. The van der Waals surface area contributed by atoms with E-state index in [0.717, 1.165) is 12.1 Å². The molecule has 0 radical (unpaired) electrons. The van der Waals surface area contributed by atoms with Crippen LogP contribution in [0.15, 0.2) is 48.0 Å². The number of carbonyl (C=O) groups excluding carboxylic acids is 2. The number of ketones is 1. The predicted molar refractivity (Wildman–Crippen MR) is 121 cm³/mol. The quantitative estimate of drug-likeness (QED) is 0.234. The maximum Gasteiger partial charge on any atom is 0.303 e. The molecule has 9 heteroatoms. The van der Waals surface area contributed by atoms with Crippen molar-refractivity contribution in [2.24, 2.45) is 0 Å². The van der Waals surface area contributed by atoms with Crippen LogP contribution >= 0.6 is 0 Å². The first-order valence-electron chi connectivity index (χ1n) is 10.8. The van der Waals surface area contributed by atoms with Crippen LogP contribution in [0.2, 0.25) is 0 Å². The second-order valence-corrected chi connectivity index (χ2v) is 7.81. The molecule has 1 atom stereocenters. The minimum atomic E-state index is -0.953. The van der Waals surface area contributed by atoms with Crippen molar-refractivity contribution in [2.45, 2.75) is 31.7 Å². The van der Waals surface area contributed by atoms with Crippen LogP contribution in [0.1, 0.15) is 42.9 Å². The molecule has 3 rings (SSSR count). The number of carbonyl (C=O) groups is 3. The van der Waals surface area contributed by atoms with Crippen molar-refractivity contribution in [3.63, 3.8) is 0 Å². The number of halogens is 1. The highest BCUT2D eigenvalue weighted by molar-refractivity contribution is 6.46. The number of aliphatic hydroxyl groups excluding tert-OH is 1. The van der Waals surface area contributed by atoms with Gasteiger partial charge in [-0.3, -0.25) is 14.4 Å². The molecule has 2 N–H and O–H groups in total. The fourth-order valence-corrected chi connectivity index (χ4v) is 3.98. The molecule has 1 heterocycles. The number of aliphatic carboxylic acids is 1. The molecular weight excluding hydrogens is 445 g/mol. The zero-order valence-electron chi connectivity index (χ0n) is 18.9. The first-order valence-corrected chi connectivity index (χ1v) is 10.8. The van der Waals surface area contributed by atoms with Crippen LogP contribution in [-0.4, -0.2) is 53.5 Å². The number of unbranched alkanes of at least 4 members (excludes halogenated alkanes) is 2. The molecule has 0 bridgehead atoms. The average Bonchev–Trinajstić information content (AvgIpc) is 3.08.